The molecule has 0 saturated heterocycles. The minimum atomic E-state index is -1.18. The van der Waals surface area contributed by atoms with Gasteiger partial charge in [0, 0.05) is 13.0 Å². The van der Waals surface area contributed by atoms with Crippen LogP contribution in [0, 0.1) is 6.92 Å². The van der Waals surface area contributed by atoms with Crippen molar-refractivity contribution in [2.45, 2.75) is 19.4 Å². The lowest BCUT2D eigenvalue weighted by Crippen LogP contribution is -2.43. The summed E-state index contributed by atoms with van der Waals surface area (Å²) in [4.78, 5) is 22.3. The molecule has 1 aromatic rings. The molecule has 0 aliphatic rings. The van der Waals surface area contributed by atoms with Crippen LogP contribution in [0.15, 0.2) is 24.3 Å². The highest BCUT2D eigenvalue weighted by molar-refractivity contribution is 5.84. The fraction of sp³-hybridized carbons (Fsp3) is 0.385. The predicted octanol–water partition coefficient (Wildman–Crippen LogP) is 0.326. The molecule has 104 valence electrons. The van der Waals surface area contributed by atoms with Crippen LogP contribution in [-0.2, 0) is 9.59 Å². The third kappa shape index (κ3) is 4.97. The number of benzene rings is 1. The van der Waals surface area contributed by atoms with Crippen molar-refractivity contribution in [2.75, 3.05) is 13.2 Å². The molecule has 19 heavy (non-hydrogen) atoms. The maximum atomic E-state index is 11.5. The van der Waals surface area contributed by atoms with E-state index in [9.17, 15) is 9.59 Å². The highest BCUT2D eigenvalue weighted by Crippen LogP contribution is 2.15. The number of hydrogen-bond donors (Lipinski definition) is 3. The third-order valence-corrected chi connectivity index (χ3v) is 2.50. The molecule has 0 fully saturated rings. The Morgan fingerprint density at radius 1 is 1.37 bits per heavy atom. The Hall–Kier alpha value is -2.08. The molecule has 3 N–H and O–H groups in total. The summed E-state index contributed by atoms with van der Waals surface area (Å²) in [6.07, 6.45) is -0.0363. The molecular weight excluding hydrogens is 250 g/mol. The van der Waals surface area contributed by atoms with E-state index in [1.807, 2.05) is 19.1 Å². The molecule has 0 spiro atoms. The van der Waals surface area contributed by atoms with Crippen LogP contribution in [0.4, 0.5) is 0 Å². The van der Waals surface area contributed by atoms with Crippen molar-refractivity contribution in [3.63, 3.8) is 0 Å². The van der Waals surface area contributed by atoms with Gasteiger partial charge in [0.15, 0.2) is 6.61 Å². The van der Waals surface area contributed by atoms with E-state index in [0.717, 1.165) is 5.56 Å². The molecule has 0 aliphatic heterocycles. The molecule has 0 bridgehead atoms. The number of aliphatic hydroxyl groups is 1. The Morgan fingerprint density at radius 3 is 2.63 bits per heavy atom. The van der Waals surface area contributed by atoms with Crippen molar-refractivity contribution in [3.05, 3.63) is 29.8 Å². The first-order valence-corrected chi connectivity index (χ1v) is 5.86. The fourth-order valence-corrected chi connectivity index (χ4v) is 1.48. The molecule has 0 radical (unpaired) electrons. The average molecular weight is 267 g/mol. The van der Waals surface area contributed by atoms with Gasteiger partial charge in [-0.1, -0.05) is 18.2 Å². The standard InChI is InChI=1S/C13H17NO5/c1-9-4-2-3-5-11(9)19-8-12(16)14-10(6-7-15)13(17)18/h2-5,10,15H,6-8H2,1H3,(H,14,16)(H,17,18). The van der Waals surface area contributed by atoms with Gasteiger partial charge in [-0.05, 0) is 18.6 Å². The van der Waals surface area contributed by atoms with Crippen LogP contribution in [0.25, 0.3) is 0 Å². The van der Waals surface area contributed by atoms with E-state index >= 15 is 0 Å². The zero-order valence-electron chi connectivity index (χ0n) is 10.6. The Kier molecular flexibility index (Phi) is 5.81. The van der Waals surface area contributed by atoms with Crippen molar-refractivity contribution in [2.24, 2.45) is 0 Å². The number of carbonyl (C=O) groups excluding carboxylic acids is 1. The molecule has 1 unspecified atom stereocenters. The molecule has 0 heterocycles. The van der Waals surface area contributed by atoms with Gasteiger partial charge in [-0.2, -0.15) is 0 Å². The van der Waals surface area contributed by atoms with E-state index in [4.69, 9.17) is 14.9 Å². The molecule has 6 heteroatoms. The number of carbonyl (C=O) groups is 2. The van der Waals surface area contributed by atoms with Gasteiger partial charge in [-0.25, -0.2) is 4.79 Å². The van der Waals surface area contributed by atoms with Crippen LogP contribution in [0.1, 0.15) is 12.0 Å². The van der Waals surface area contributed by atoms with E-state index in [0.29, 0.717) is 5.75 Å². The lowest BCUT2D eigenvalue weighted by molar-refractivity contribution is -0.142. The van der Waals surface area contributed by atoms with Crippen molar-refractivity contribution in [1.82, 2.24) is 5.32 Å². The second-order valence-electron chi connectivity index (χ2n) is 4.02. The van der Waals surface area contributed by atoms with Crippen molar-refractivity contribution >= 4 is 11.9 Å². The summed E-state index contributed by atoms with van der Waals surface area (Å²) in [6.45, 7) is 1.27. The number of rotatable bonds is 7. The van der Waals surface area contributed by atoms with Crippen molar-refractivity contribution in [1.29, 1.82) is 0 Å². The Bertz CT molecular complexity index is 446. The monoisotopic (exact) mass is 267 g/mol. The van der Waals surface area contributed by atoms with E-state index in [1.165, 1.54) is 0 Å². The Labute approximate surface area is 111 Å². The van der Waals surface area contributed by atoms with Crippen LogP contribution >= 0.6 is 0 Å². The SMILES string of the molecule is Cc1ccccc1OCC(=O)NC(CCO)C(=O)O. The zero-order chi connectivity index (χ0) is 14.3. The lowest BCUT2D eigenvalue weighted by Gasteiger charge is -2.14. The third-order valence-electron chi connectivity index (χ3n) is 2.50. The average Bonchev–Trinajstić information content (AvgIpc) is 2.37. The highest BCUT2D eigenvalue weighted by atomic mass is 16.5. The first-order valence-electron chi connectivity index (χ1n) is 5.86. The number of carboxylic acid groups (broad SMARTS) is 1. The van der Waals surface area contributed by atoms with Crippen LogP contribution < -0.4 is 10.1 Å². The summed E-state index contributed by atoms with van der Waals surface area (Å²) >= 11 is 0. The Balaban J connectivity index is 2.47. The molecule has 1 atom stereocenters. The topological polar surface area (TPSA) is 95.9 Å². The molecule has 0 aromatic heterocycles. The summed E-state index contributed by atoms with van der Waals surface area (Å²) in [6, 6.07) is 6.11. The van der Waals surface area contributed by atoms with E-state index in [1.54, 1.807) is 12.1 Å². The quantitative estimate of drug-likeness (QED) is 0.661. The maximum Gasteiger partial charge on any atom is 0.326 e. The number of para-hydroxylation sites is 1. The number of nitrogens with one attached hydrogen (secondary N) is 1. The smallest absolute Gasteiger partial charge is 0.326 e. The van der Waals surface area contributed by atoms with Gasteiger partial charge in [0.25, 0.3) is 5.91 Å². The number of aliphatic carboxylic acids is 1. The van der Waals surface area contributed by atoms with Crippen LogP contribution in [-0.4, -0.2) is 41.3 Å². The van der Waals surface area contributed by atoms with Crippen LogP contribution in [0.2, 0.25) is 0 Å². The number of carboxylic acids is 1. The summed E-state index contributed by atoms with van der Waals surface area (Å²) in [5.74, 6) is -1.14. The Morgan fingerprint density at radius 2 is 2.05 bits per heavy atom. The van der Waals surface area contributed by atoms with Gasteiger partial charge in [0.05, 0.1) is 0 Å². The normalized spacial score (nSPS) is 11.7. The number of aryl methyl sites for hydroxylation is 1. The largest absolute Gasteiger partial charge is 0.484 e. The molecule has 1 amide bonds. The lowest BCUT2D eigenvalue weighted by atomic mass is 10.2. The van der Waals surface area contributed by atoms with Gasteiger partial charge < -0.3 is 20.3 Å². The molecule has 6 nitrogen and oxygen atoms in total. The van der Waals surface area contributed by atoms with Gasteiger partial charge in [0.1, 0.15) is 11.8 Å². The van der Waals surface area contributed by atoms with Crippen LogP contribution in [0.5, 0.6) is 5.75 Å². The van der Waals surface area contributed by atoms with Gasteiger partial charge in [-0.15, -0.1) is 0 Å². The van der Waals surface area contributed by atoms with Gasteiger partial charge >= 0.3 is 5.97 Å². The number of amides is 1. The minimum absolute atomic E-state index is 0.0363. The minimum Gasteiger partial charge on any atom is -0.484 e. The second-order valence-corrected chi connectivity index (χ2v) is 4.02. The molecule has 1 aromatic carbocycles. The van der Waals surface area contributed by atoms with Crippen molar-refractivity contribution < 1.29 is 24.5 Å². The molecule has 0 saturated carbocycles. The van der Waals surface area contributed by atoms with Crippen LogP contribution in [0.3, 0.4) is 0 Å². The summed E-state index contributed by atoms with van der Waals surface area (Å²) < 4.78 is 5.29. The molecular formula is C13H17NO5. The zero-order valence-corrected chi connectivity index (χ0v) is 10.6. The van der Waals surface area contributed by atoms with E-state index in [2.05, 4.69) is 5.32 Å². The van der Waals surface area contributed by atoms with E-state index in [-0.39, 0.29) is 19.6 Å². The highest BCUT2D eigenvalue weighted by Gasteiger charge is 2.19. The second kappa shape index (κ2) is 7.38. The van der Waals surface area contributed by atoms with Gasteiger partial charge in [-0.3, -0.25) is 4.79 Å². The van der Waals surface area contributed by atoms with Crippen molar-refractivity contribution in [3.8, 4) is 5.75 Å². The fourth-order valence-electron chi connectivity index (χ4n) is 1.48. The predicted molar refractivity (Wildman–Crippen MR) is 67.9 cm³/mol. The number of ether oxygens (including phenoxy) is 1. The summed E-state index contributed by atoms with van der Waals surface area (Å²) in [5, 5.41) is 19.8. The summed E-state index contributed by atoms with van der Waals surface area (Å²) in [7, 11) is 0. The molecule has 0 aliphatic carbocycles. The van der Waals surface area contributed by atoms with E-state index < -0.39 is 17.9 Å². The number of hydrogen-bond acceptors (Lipinski definition) is 4. The first kappa shape index (κ1) is 15.0. The summed E-state index contributed by atoms with van der Waals surface area (Å²) in [5.41, 5.74) is 0.889. The van der Waals surface area contributed by atoms with Gasteiger partial charge in [0.2, 0.25) is 0 Å². The molecule has 1 rings (SSSR count). The number of aliphatic hydroxyl groups excluding tert-OH is 1. The maximum absolute atomic E-state index is 11.5. The first-order chi connectivity index (χ1) is 9.04.